The van der Waals surface area contributed by atoms with Crippen LogP contribution in [0.15, 0.2) is 23.0 Å². The van der Waals surface area contributed by atoms with Gasteiger partial charge < -0.3 is 9.63 Å². The lowest BCUT2D eigenvalue weighted by molar-refractivity contribution is 0.0652. The van der Waals surface area contributed by atoms with Crippen molar-refractivity contribution in [2.24, 2.45) is 0 Å². The Bertz CT molecular complexity index is 418. The summed E-state index contributed by atoms with van der Waals surface area (Å²) in [6.07, 6.45) is 3.13. The molecule has 0 saturated heterocycles. The minimum absolute atomic E-state index is 0.184. The van der Waals surface area contributed by atoms with Crippen molar-refractivity contribution in [3.05, 3.63) is 24.2 Å². The molecule has 0 saturated carbocycles. The third-order valence-electron chi connectivity index (χ3n) is 1.51. The second-order valence-corrected chi connectivity index (χ2v) is 2.37. The lowest BCUT2D eigenvalue weighted by Gasteiger charge is -1.80. The van der Waals surface area contributed by atoms with E-state index in [9.17, 15) is 4.79 Å². The molecule has 0 aliphatic rings. The van der Waals surface area contributed by atoms with Gasteiger partial charge in [-0.25, -0.2) is 4.79 Å². The predicted molar refractivity (Wildman–Crippen MR) is 41.0 cm³/mol. The summed E-state index contributed by atoms with van der Waals surface area (Å²) in [5.41, 5.74) is 1.14. The second kappa shape index (κ2) is 2.74. The molecule has 2 aromatic heterocycles. The van der Waals surface area contributed by atoms with Gasteiger partial charge in [-0.2, -0.15) is 5.10 Å². The number of aromatic amines is 1. The van der Waals surface area contributed by atoms with Crippen LogP contribution >= 0.6 is 0 Å². The topological polar surface area (TPSA) is 92.0 Å². The summed E-state index contributed by atoms with van der Waals surface area (Å²) >= 11 is 0. The Labute approximate surface area is 72.2 Å². The number of carboxylic acids is 1. The minimum atomic E-state index is -1.14. The molecule has 2 heterocycles. The number of rotatable bonds is 2. The number of H-pyrrole nitrogens is 1. The van der Waals surface area contributed by atoms with E-state index in [0.717, 1.165) is 0 Å². The highest BCUT2D eigenvalue weighted by Crippen LogP contribution is 2.16. The maximum absolute atomic E-state index is 10.4. The molecule has 66 valence electrons. The van der Waals surface area contributed by atoms with Crippen LogP contribution in [-0.2, 0) is 0 Å². The first kappa shape index (κ1) is 7.53. The van der Waals surface area contributed by atoms with Crippen LogP contribution in [0.4, 0.5) is 0 Å². The number of aromatic nitrogens is 3. The van der Waals surface area contributed by atoms with Crippen molar-refractivity contribution in [1.29, 1.82) is 0 Å². The number of hydrogen-bond donors (Lipinski definition) is 2. The Kier molecular flexibility index (Phi) is 1.59. The van der Waals surface area contributed by atoms with Crippen molar-refractivity contribution in [3.63, 3.8) is 0 Å². The van der Waals surface area contributed by atoms with Crippen LogP contribution in [0.3, 0.4) is 0 Å². The lowest BCUT2D eigenvalue weighted by Crippen LogP contribution is -1.91. The first-order valence-corrected chi connectivity index (χ1v) is 3.46. The average molecular weight is 179 g/mol. The molecule has 0 aromatic carbocycles. The maximum atomic E-state index is 10.4. The van der Waals surface area contributed by atoms with E-state index in [4.69, 9.17) is 5.11 Å². The zero-order valence-corrected chi connectivity index (χ0v) is 6.39. The van der Waals surface area contributed by atoms with Crippen LogP contribution < -0.4 is 0 Å². The maximum Gasteiger partial charge on any atom is 0.374 e. The molecule has 2 N–H and O–H groups in total. The number of hydrogen-bond acceptors (Lipinski definition) is 4. The lowest BCUT2D eigenvalue weighted by atomic mass is 10.2. The van der Waals surface area contributed by atoms with Crippen LogP contribution in [0, 0.1) is 0 Å². The van der Waals surface area contributed by atoms with Crippen LogP contribution in [0.25, 0.3) is 11.3 Å². The average Bonchev–Trinajstić information content (AvgIpc) is 2.75. The summed E-state index contributed by atoms with van der Waals surface area (Å²) in [4.78, 5) is 10.4. The molecule has 0 unspecified atom stereocenters. The first-order chi connectivity index (χ1) is 6.27. The Morgan fingerprint density at radius 3 is 3.00 bits per heavy atom. The highest BCUT2D eigenvalue weighted by Gasteiger charge is 2.12. The molecule has 0 amide bonds. The Morgan fingerprint density at radius 1 is 1.62 bits per heavy atom. The molecule has 0 aliphatic carbocycles. The molecule has 0 aliphatic heterocycles. The van der Waals surface area contributed by atoms with Gasteiger partial charge in [0, 0.05) is 17.8 Å². The molecule has 6 nitrogen and oxygen atoms in total. The van der Waals surface area contributed by atoms with Crippen LogP contribution in [-0.4, -0.2) is 26.4 Å². The van der Waals surface area contributed by atoms with E-state index in [-0.39, 0.29) is 5.76 Å². The smallest absolute Gasteiger partial charge is 0.374 e. The zero-order chi connectivity index (χ0) is 9.26. The van der Waals surface area contributed by atoms with Crippen molar-refractivity contribution in [3.8, 4) is 11.3 Å². The summed E-state index contributed by atoms with van der Waals surface area (Å²) in [7, 11) is 0. The fourth-order valence-corrected chi connectivity index (χ4v) is 0.903. The van der Waals surface area contributed by atoms with Gasteiger partial charge in [0.05, 0.1) is 6.20 Å². The van der Waals surface area contributed by atoms with Gasteiger partial charge in [-0.15, -0.1) is 0 Å². The molecule has 2 rings (SSSR count). The Balaban J connectivity index is 2.39. The quantitative estimate of drug-likeness (QED) is 0.710. The fourth-order valence-electron chi connectivity index (χ4n) is 0.903. The minimum Gasteiger partial charge on any atom is -0.475 e. The van der Waals surface area contributed by atoms with E-state index < -0.39 is 5.97 Å². The van der Waals surface area contributed by atoms with Crippen LogP contribution in [0.2, 0.25) is 0 Å². The molecule has 0 fully saturated rings. The van der Waals surface area contributed by atoms with E-state index in [1.54, 1.807) is 6.20 Å². The third-order valence-corrected chi connectivity index (χ3v) is 1.51. The van der Waals surface area contributed by atoms with Gasteiger partial charge in [0.25, 0.3) is 0 Å². The van der Waals surface area contributed by atoms with E-state index in [0.29, 0.717) is 11.3 Å². The molecule has 0 radical (unpaired) electrons. The number of nitrogens with one attached hydrogen (secondary N) is 1. The van der Waals surface area contributed by atoms with Gasteiger partial charge in [-0.1, -0.05) is 5.16 Å². The third kappa shape index (κ3) is 1.28. The van der Waals surface area contributed by atoms with E-state index in [1.165, 1.54) is 12.3 Å². The number of aromatic carboxylic acids is 1. The summed E-state index contributed by atoms with van der Waals surface area (Å²) in [5, 5.41) is 18.4. The molecule has 13 heavy (non-hydrogen) atoms. The second-order valence-electron chi connectivity index (χ2n) is 2.37. The highest BCUT2D eigenvalue weighted by molar-refractivity contribution is 5.85. The fraction of sp³-hybridized carbons (Fsp3) is 0. The van der Waals surface area contributed by atoms with Gasteiger partial charge in [0.2, 0.25) is 5.76 Å². The molecule has 0 atom stereocenters. The normalized spacial score (nSPS) is 10.2. The van der Waals surface area contributed by atoms with Crippen LogP contribution in [0.5, 0.6) is 0 Å². The number of nitrogens with zero attached hydrogens (tertiary/aromatic N) is 2. The molecule has 0 bridgehead atoms. The number of carboxylic acid groups (broad SMARTS) is 1. The van der Waals surface area contributed by atoms with Crippen molar-refractivity contribution in [2.75, 3.05) is 0 Å². The predicted octanol–water partition coefficient (Wildman–Crippen LogP) is 0.763. The van der Waals surface area contributed by atoms with Gasteiger partial charge in [-0.3, -0.25) is 5.10 Å². The first-order valence-electron chi connectivity index (χ1n) is 3.46. The van der Waals surface area contributed by atoms with Gasteiger partial charge in [0.15, 0.2) is 0 Å². The number of carbonyl (C=O) groups is 1. The summed E-state index contributed by atoms with van der Waals surface area (Å²) < 4.78 is 4.56. The van der Waals surface area contributed by atoms with Crippen molar-refractivity contribution in [1.82, 2.24) is 15.4 Å². The van der Waals surface area contributed by atoms with Crippen molar-refractivity contribution >= 4 is 5.97 Å². The van der Waals surface area contributed by atoms with Gasteiger partial charge in [0.1, 0.15) is 5.69 Å². The van der Waals surface area contributed by atoms with E-state index in [2.05, 4.69) is 19.9 Å². The van der Waals surface area contributed by atoms with E-state index >= 15 is 0 Å². The Morgan fingerprint density at radius 2 is 2.46 bits per heavy atom. The standard InChI is InChI=1S/C7H5N3O3/c11-7(12)6-1-5(10-13-6)4-2-8-9-3-4/h1-3H,(H,8,9)(H,11,12). The van der Waals surface area contributed by atoms with Gasteiger partial charge >= 0.3 is 5.97 Å². The van der Waals surface area contributed by atoms with E-state index in [1.807, 2.05) is 0 Å². The molecular formula is C7H5N3O3. The molecule has 0 spiro atoms. The summed E-state index contributed by atoms with van der Waals surface area (Å²) in [6, 6.07) is 1.34. The van der Waals surface area contributed by atoms with Crippen molar-refractivity contribution in [2.45, 2.75) is 0 Å². The zero-order valence-electron chi connectivity index (χ0n) is 6.39. The SMILES string of the molecule is O=C(O)c1cc(-c2cn[nH]c2)no1. The molecule has 6 heteroatoms. The highest BCUT2D eigenvalue weighted by atomic mass is 16.5. The van der Waals surface area contributed by atoms with Crippen molar-refractivity contribution < 1.29 is 14.4 Å². The molecular weight excluding hydrogens is 174 g/mol. The summed E-state index contributed by atoms with van der Waals surface area (Å²) in [6.45, 7) is 0. The van der Waals surface area contributed by atoms with Crippen LogP contribution in [0.1, 0.15) is 10.6 Å². The largest absolute Gasteiger partial charge is 0.475 e. The summed E-state index contributed by atoms with van der Waals surface area (Å²) in [5.74, 6) is -1.32. The van der Waals surface area contributed by atoms with Gasteiger partial charge in [-0.05, 0) is 0 Å². The monoisotopic (exact) mass is 179 g/mol. The molecule has 2 aromatic rings. The Hall–Kier alpha value is -2.11.